The van der Waals surface area contributed by atoms with Gasteiger partial charge >= 0.3 is 5.97 Å². The monoisotopic (exact) mass is 350 g/mol. The van der Waals surface area contributed by atoms with Crippen molar-refractivity contribution in [2.75, 3.05) is 18.7 Å². The number of fused-ring (bicyclic) bond motifs is 2. The number of hydrogen-bond acceptors (Lipinski definition) is 6. The van der Waals surface area contributed by atoms with Gasteiger partial charge in [0.1, 0.15) is 5.69 Å². The molecule has 1 amide bonds. The second-order valence-corrected chi connectivity index (χ2v) is 5.58. The maximum absolute atomic E-state index is 12.1. The van der Waals surface area contributed by atoms with Crippen molar-refractivity contribution in [2.24, 2.45) is 0 Å². The molecule has 0 bridgehead atoms. The van der Waals surface area contributed by atoms with E-state index in [2.05, 4.69) is 10.3 Å². The summed E-state index contributed by atoms with van der Waals surface area (Å²) in [6, 6.07) is 15.8. The first-order chi connectivity index (χ1) is 12.7. The van der Waals surface area contributed by atoms with Gasteiger partial charge in [0, 0.05) is 17.1 Å². The second-order valence-electron chi connectivity index (χ2n) is 5.58. The Balaban J connectivity index is 1.36. The number of pyridine rings is 1. The number of carbonyl (C=O) groups is 2. The largest absolute Gasteiger partial charge is 0.454 e. The molecule has 7 heteroatoms. The van der Waals surface area contributed by atoms with E-state index in [9.17, 15) is 9.59 Å². The molecule has 1 N–H and O–H groups in total. The number of anilines is 1. The molecule has 2 heterocycles. The first kappa shape index (κ1) is 15.9. The van der Waals surface area contributed by atoms with Gasteiger partial charge in [-0.05, 0) is 24.3 Å². The van der Waals surface area contributed by atoms with Crippen molar-refractivity contribution in [1.29, 1.82) is 0 Å². The molecule has 4 rings (SSSR count). The van der Waals surface area contributed by atoms with E-state index < -0.39 is 18.5 Å². The van der Waals surface area contributed by atoms with Crippen LogP contribution in [0.3, 0.4) is 0 Å². The third-order valence-electron chi connectivity index (χ3n) is 3.80. The van der Waals surface area contributed by atoms with Gasteiger partial charge in [-0.15, -0.1) is 0 Å². The van der Waals surface area contributed by atoms with Crippen molar-refractivity contribution in [2.45, 2.75) is 0 Å². The van der Waals surface area contributed by atoms with E-state index in [1.807, 2.05) is 18.2 Å². The predicted octanol–water partition coefficient (Wildman–Crippen LogP) is 2.76. The van der Waals surface area contributed by atoms with Gasteiger partial charge in [-0.3, -0.25) is 4.79 Å². The Morgan fingerprint density at radius 2 is 1.88 bits per heavy atom. The van der Waals surface area contributed by atoms with Crippen LogP contribution in [0.4, 0.5) is 5.69 Å². The standard InChI is InChI=1S/C19H14N2O5/c22-18(20-13-6-8-16-17(9-13)26-11-25-16)10-24-19(23)15-7-5-12-3-1-2-4-14(12)21-15/h1-9H,10-11H2,(H,20,22). The fourth-order valence-electron chi connectivity index (χ4n) is 2.56. The molecule has 26 heavy (non-hydrogen) atoms. The third kappa shape index (κ3) is 3.27. The van der Waals surface area contributed by atoms with E-state index in [0.29, 0.717) is 22.7 Å². The summed E-state index contributed by atoms with van der Waals surface area (Å²) in [5.41, 5.74) is 1.37. The number of rotatable bonds is 4. The molecule has 0 saturated heterocycles. The molecule has 0 aliphatic carbocycles. The van der Waals surface area contributed by atoms with Gasteiger partial charge in [0.05, 0.1) is 5.52 Å². The Hall–Kier alpha value is -3.61. The Labute approximate surface area is 148 Å². The van der Waals surface area contributed by atoms with E-state index in [-0.39, 0.29) is 12.5 Å². The predicted molar refractivity (Wildman–Crippen MR) is 93.2 cm³/mol. The van der Waals surface area contributed by atoms with Crippen molar-refractivity contribution in [3.05, 3.63) is 60.3 Å². The number of benzene rings is 2. The van der Waals surface area contributed by atoms with Crippen molar-refractivity contribution < 1.29 is 23.8 Å². The highest BCUT2D eigenvalue weighted by molar-refractivity contribution is 5.96. The quantitative estimate of drug-likeness (QED) is 0.728. The zero-order valence-corrected chi connectivity index (χ0v) is 13.6. The minimum atomic E-state index is -0.656. The Kier molecular flexibility index (Phi) is 4.10. The molecule has 1 aromatic heterocycles. The lowest BCUT2D eigenvalue weighted by molar-refractivity contribution is -0.119. The number of aromatic nitrogens is 1. The highest BCUT2D eigenvalue weighted by Crippen LogP contribution is 2.34. The highest BCUT2D eigenvalue weighted by Gasteiger charge is 2.15. The van der Waals surface area contributed by atoms with Gasteiger partial charge in [0.25, 0.3) is 5.91 Å². The summed E-state index contributed by atoms with van der Waals surface area (Å²) in [6.07, 6.45) is 0. The molecule has 3 aromatic rings. The van der Waals surface area contributed by atoms with E-state index in [1.165, 1.54) is 0 Å². The summed E-state index contributed by atoms with van der Waals surface area (Å²) in [5.74, 6) is 0.0616. The maximum atomic E-state index is 12.1. The lowest BCUT2D eigenvalue weighted by Crippen LogP contribution is -2.21. The molecule has 1 aliphatic rings. The van der Waals surface area contributed by atoms with Crippen LogP contribution in [-0.4, -0.2) is 30.3 Å². The molecule has 0 saturated carbocycles. The van der Waals surface area contributed by atoms with Gasteiger partial charge in [-0.25, -0.2) is 9.78 Å². The molecule has 0 fully saturated rings. The summed E-state index contributed by atoms with van der Waals surface area (Å²) < 4.78 is 15.5. The molecule has 7 nitrogen and oxygen atoms in total. The number of nitrogens with zero attached hydrogens (tertiary/aromatic N) is 1. The molecule has 1 aliphatic heterocycles. The number of ether oxygens (including phenoxy) is 3. The smallest absolute Gasteiger partial charge is 0.357 e. The lowest BCUT2D eigenvalue weighted by atomic mass is 10.2. The first-order valence-corrected chi connectivity index (χ1v) is 7.91. The number of esters is 1. The molecule has 0 unspecified atom stereocenters. The molecule has 2 aromatic carbocycles. The van der Waals surface area contributed by atoms with Crippen LogP contribution in [0.1, 0.15) is 10.5 Å². The summed E-state index contributed by atoms with van der Waals surface area (Å²) in [4.78, 5) is 28.3. The minimum absolute atomic E-state index is 0.152. The van der Waals surface area contributed by atoms with Crippen LogP contribution in [0.2, 0.25) is 0 Å². The SMILES string of the molecule is O=C(COC(=O)c1ccc2ccccc2n1)Nc1ccc2c(c1)OCO2. The van der Waals surface area contributed by atoms with E-state index in [1.54, 1.807) is 36.4 Å². The van der Waals surface area contributed by atoms with Crippen molar-refractivity contribution >= 4 is 28.5 Å². The van der Waals surface area contributed by atoms with Crippen molar-refractivity contribution in [3.63, 3.8) is 0 Å². The number of amides is 1. The van der Waals surface area contributed by atoms with Crippen LogP contribution in [-0.2, 0) is 9.53 Å². The van der Waals surface area contributed by atoms with Gasteiger partial charge in [0.2, 0.25) is 6.79 Å². The highest BCUT2D eigenvalue weighted by atomic mass is 16.7. The number of para-hydroxylation sites is 1. The lowest BCUT2D eigenvalue weighted by Gasteiger charge is -2.07. The molecular weight excluding hydrogens is 336 g/mol. The summed E-state index contributed by atoms with van der Waals surface area (Å²) in [5, 5.41) is 3.56. The van der Waals surface area contributed by atoms with E-state index in [4.69, 9.17) is 14.2 Å². The van der Waals surface area contributed by atoms with Crippen LogP contribution < -0.4 is 14.8 Å². The van der Waals surface area contributed by atoms with E-state index in [0.717, 1.165) is 5.39 Å². The fourth-order valence-corrected chi connectivity index (χ4v) is 2.56. The van der Waals surface area contributed by atoms with Crippen LogP contribution in [0, 0.1) is 0 Å². The number of carbonyl (C=O) groups excluding carboxylic acids is 2. The van der Waals surface area contributed by atoms with Crippen molar-refractivity contribution in [1.82, 2.24) is 4.98 Å². The summed E-state index contributed by atoms with van der Waals surface area (Å²) in [7, 11) is 0. The molecule has 0 radical (unpaired) electrons. The van der Waals surface area contributed by atoms with Crippen LogP contribution in [0.15, 0.2) is 54.6 Å². The van der Waals surface area contributed by atoms with Crippen LogP contribution in [0.5, 0.6) is 11.5 Å². The van der Waals surface area contributed by atoms with Gasteiger partial charge in [0.15, 0.2) is 18.1 Å². The molecular formula is C19H14N2O5. The summed E-state index contributed by atoms with van der Waals surface area (Å²) >= 11 is 0. The Morgan fingerprint density at radius 1 is 1.04 bits per heavy atom. The maximum Gasteiger partial charge on any atom is 0.357 e. The van der Waals surface area contributed by atoms with Crippen LogP contribution in [0.25, 0.3) is 10.9 Å². The summed E-state index contributed by atoms with van der Waals surface area (Å²) in [6.45, 7) is -0.259. The van der Waals surface area contributed by atoms with Crippen LogP contribution >= 0.6 is 0 Å². The normalized spacial score (nSPS) is 12.0. The average Bonchev–Trinajstić information content (AvgIpc) is 3.13. The Morgan fingerprint density at radius 3 is 2.81 bits per heavy atom. The van der Waals surface area contributed by atoms with Gasteiger partial charge in [-0.1, -0.05) is 24.3 Å². The minimum Gasteiger partial charge on any atom is -0.454 e. The third-order valence-corrected chi connectivity index (χ3v) is 3.80. The first-order valence-electron chi connectivity index (χ1n) is 7.91. The number of nitrogens with one attached hydrogen (secondary N) is 1. The second kappa shape index (κ2) is 6.72. The topological polar surface area (TPSA) is 86.8 Å². The van der Waals surface area contributed by atoms with Gasteiger partial charge in [-0.2, -0.15) is 0 Å². The van der Waals surface area contributed by atoms with Gasteiger partial charge < -0.3 is 19.5 Å². The Bertz CT molecular complexity index is 1000. The fraction of sp³-hybridized carbons (Fsp3) is 0.105. The average molecular weight is 350 g/mol. The van der Waals surface area contributed by atoms with Crippen molar-refractivity contribution in [3.8, 4) is 11.5 Å². The zero-order chi connectivity index (χ0) is 17.9. The molecule has 130 valence electrons. The number of hydrogen-bond donors (Lipinski definition) is 1. The van der Waals surface area contributed by atoms with E-state index >= 15 is 0 Å². The zero-order valence-electron chi connectivity index (χ0n) is 13.6. The molecule has 0 atom stereocenters. The molecule has 0 spiro atoms.